The summed E-state index contributed by atoms with van der Waals surface area (Å²) in [5.74, 6) is 6.71. The van der Waals surface area contributed by atoms with Crippen LogP contribution in [0.1, 0.15) is 25.0 Å². The molecule has 0 aliphatic rings. The molecule has 0 spiro atoms. The Labute approximate surface area is 109 Å². The standard InChI is InChI=1S/C15H21NO2/c1-12(2)17-9-10-18-15-7-6-14(5-4-8-16)11-13(15)3/h6-7,11-12H,8-10,16H2,1-3H3. The maximum atomic E-state index is 5.65. The van der Waals surface area contributed by atoms with Crippen LogP contribution in [0.5, 0.6) is 5.75 Å². The zero-order chi connectivity index (χ0) is 13.4. The zero-order valence-electron chi connectivity index (χ0n) is 11.3. The van der Waals surface area contributed by atoms with Crippen molar-refractivity contribution in [2.45, 2.75) is 26.9 Å². The van der Waals surface area contributed by atoms with Gasteiger partial charge in [-0.05, 0) is 44.5 Å². The summed E-state index contributed by atoms with van der Waals surface area (Å²) >= 11 is 0. The van der Waals surface area contributed by atoms with Crippen molar-refractivity contribution in [1.82, 2.24) is 0 Å². The lowest BCUT2D eigenvalue weighted by molar-refractivity contribution is 0.0551. The van der Waals surface area contributed by atoms with E-state index in [-0.39, 0.29) is 6.10 Å². The number of hydrogen-bond donors (Lipinski definition) is 1. The Balaban J connectivity index is 2.52. The topological polar surface area (TPSA) is 44.5 Å². The van der Waals surface area contributed by atoms with E-state index in [1.54, 1.807) is 0 Å². The van der Waals surface area contributed by atoms with E-state index in [0.29, 0.717) is 19.8 Å². The predicted molar refractivity (Wildman–Crippen MR) is 73.7 cm³/mol. The summed E-state index contributed by atoms with van der Waals surface area (Å²) in [6.07, 6.45) is 0.239. The first-order valence-corrected chi connectivity index (χ1v) is 6.17. The lowest BCUT2D eigenvalue weighted by Gasteiger charge is -2.11. The van der Waals surface area contributed by atoms with Crippen LogP contribution in [0.15, 0.2) is 18.2 Å². The average molecular weight is 247 g/mol. The number of benzene rings is 1. The van der Waals surface area contributed by atoms with Gasteiger partial charge in [-0.3, -0.25) is 0 Å². The zero-order valence-corrected chi connectivity index (χ0v) is 11.3. The fourth-order valence-electron chi connectivity index (χ4n) is 1.48. The third-order valence-corrected chi connectivity index (χ3v) is 2.30. The molecule has 0 saturated carbocycles. The van der Waals surface area contributed by atoms with E-state index < -0.39 is 0 Å². The second-order valence-electron chi connectivity index (χ2n) is 4.25. The molecular formula is C15H21NO2. The number of ether oxygens (including phenoxy) is 2. The lowest BCUT2D eigenvalue weighted by atomic mass is 10.1. The van der Waals surface area contributed by atoms with Crippen LogP contribution >= 0.6 is 0 Å². The summed E-state index contributed by atoms with van der Waals surface area (Å²) < 4.78 is 11.1. The molecule has 0 unspecified atom stereocenters. The summed E-state index contributed by atoms with van der Waals surface area (Å²) in [6.45, 7) is 7.57. The second kappa shape index (κ2) is 7.75. The van der Waals surface area contributed by atoms with Gasteiger partial charge in [0.2, 0.25) is 0 Å². The van der Waals surface area contributed by atoms with Crippen LogP contribution in [0.4, 0.5) is 0 Å². The molecule has 0 aliphatic heterocycles. The summed E-state index contributed by atoms with van der Waals surface area (Å²) in [7, 11) is 0. The van der Waals surface area contributed by atoms with Gasteiger partial charge in [0.05, 0.1) is 19.3 Å². The van der Waals surface area contributed by atoms with Crippen LogP contribution in [0.2, 0.25) is 0 Å². The van der Waals surface area contributed by atoms with Gasteiger partial charge in [-0.1, -0.05) is 11.8 Å². The van der Waals surface area contributed by atoms with E-state index in [2.05, 4.69) is 11.8 Å². The van der Waals surface area contributed by atoms with Crippen LogP contribution in [0.25, 0.3) is 0 Å². The smallest absolute Gasteiger partial charge is 0.122 e. The summed E-state index contributed by atoms with van der Waals surface area (Å²) in [5.41, 5.74) is 7.37. The van der Waals surface area contributed by atoms with Gasteiger partial charge in [0.25, 0.3) is 0 Å². The van der Waals surface area contributed by atoms with Gasteiger partial charge in [0, 0.05) is 5.56 Å². The Hall–Kier alpha value is -1.50. The third kappa shape index (κ3) is 5.22. The van der Waals surface area contributed by atoms with E-state index in [9.17, 15) is 0 Å². The molecule has 18 heavy (non-hydrogen) atoms. The molecule has 0 saturated heterocycles. The molecule has 98 valence electrons. The molecule has 0 aliphatic carbocycles. The normalized spacial score (nSPS) is 10.1. The predicted octanol–water partition coefficient (Wildman–Crippen LogP) is 2.11. The maximum Gasteiger partial charge on any atom is 0.122 e. The van der Waals surface area contributed by atoms with Crippen LogP contribution in [-0.2, 0) is 4.74 Å². The quantitative estimate of drug-likeness (QED) is 0.640. The lowest BCUT2D eigenvalue weighted by Crippen LogP contribution is -2.11. The highest BCUT2D eigenvalue weighted by Gasteiger charge is 2.00. The number of aryl methyl sites for hydroxylation is 1. The minimum atomic E-state index is 0.239. The minimum absolute atomic E-state index is 0.239. The van der Waals surface area contributed by atoms with Crippen LogP contribution in [0, 0.1) is 18.8 Å². The van der Waals surface area contributed by atoms with Gasteiger partial charge in [-0.15, -0.1) is 0 Å². The van der Waals surface area contributed by atoms with Crippen LogP contribution in [0.3, 0.4) is 0 Å². The van der Waals surface area contributed by atoms with Gasteiger partial charge in [0.15, 0.2) is 0 Å². The summed E-state index contributed by atoms with van der Waals surface area (Å²) in [4.78, 5) is 0. The molecule has 0 bridgehead atoms. The van der Waals surface area contributed by atoms with E-state index in [0.717, 1.165) is 16.9 Å². The van der Waals surface area contributed by atoms with Crippen LogP contribution in [-0.4, -0.2) is 25.9 Å². The Morgan fingerprint density at radius 3 is 2.67 bits per heavy atom. The van der Waals surface area contributed by atoms with Crippen molar-refractivity contribution in [2.24, 2.45) is 5.73 Å². The molecular weight excluding hydrogens is 226 g/mol. The van der Waals surface area contributed by atoms with E-state index in [1.807, 2.05) is 39.0 Å². The Bertz CT molecular complexity index is 430. The molecule has 0 atom stereocenters. The highest BCUT2D eigenvalue weighted by Crippen LogP contribution is 2.18. The van der Waals surface area contributed by atoms with Gasteiger partial charge in [0.1, 0.15) is 12.4 Å². The number of nitrogens with two attached hydrogens (primary N) is 1. The summed E-state index contributed by atoms with van der Waals surface area (Å²) in [6, 6.07) is 5.88. The van der Waals surface area contributed by atoms with Gasteiger partial charge < -0.3 is 15.2 Å². The molecule has 0 amide bonds. The molecule has 3 nitrogen and oxygen atoms in total. The monoisotopic (exact) mass is 247 g/mol. The highest BCUT2D eigenvalue weighted by atomic mass is 16.5. The van der Waals surface area contributed by atoms with Gasteiger partial charge in [-0.25, -0.2) is 0 Å². The number of rotatable bonds is 5. The molecule has 1 aromatic carbocycles. The molecule has 0 heterocycles. The SMILES string of the molecule is Cc1cc(C#CCN)ccc1OCCOC(C)C. The van der Waals surface area contributed by atoms with Crippen molar-refractivity contribution in [3.05, 3.63) is 29.3 Å². The van der Waals surface area contributed by atoms with Gasteiger partial charge in [-0.2, -0.15) is 0 Å². The first-order valence-electron chi connectivity index (χ1n) is 6.17. The van der Waals surface area contributed by atoms with Crippen molar-refractivity contribution in [2.75, 3.05) is 19.8 Å². The molecule has 3 heteroatoms. The molecule has 0 fully saturated rings. The van der Waals surface area contributed by atoms with Crippen molar-refractivity contribution >= 4 is 0 Å². The van der Waals surface area contributed by atoms with Crippen LogP contribution < -0.4 is 10.5 Å². The Morgan fingerprint density at radius 2 is 2.06 bits per heavy atom. The first-order chi connectivity index (χ1) is 8.63. The highest BCUT2D eigenvalue weighted by molar-refractivity contribution is 5.43. The third-order valence-electron chi connectivity index (χ3n) is 2.30. The first kappa shape index (κ1) is 14.6. The minimum Gasteiger partial charge on any atom is -0.491 e. The fraction of sp³-hybridized carbons (Fsp3) is 0.467. The number of hydrogen-bond acceptors (Lipinski definition) is 3. The van der Waals surface area contributed by atoms with Crippen molar-refractivity contribution in [1.29, 1.82) is 0 Å². The molecule has 0 aromatic heterocycles. The van der Waals surface area contributed by atoms with Crippen molar-refractivity contribution < 1.29 is 9.47 Å². The van der Waals surface area contributed by atoms with Crippen molar-refractivity contribution in [3.63, 3.8) is 0 Å². The largest absolute Gasteiger partial charge is 0.491 e. The molecule has 1 aromatic rings. The van der Waals surface area contributed by atoms with Crippen molar-refractivity contribution in [3.8, 4) is 17.6 Å². The molecule has 1 rings (SSSR count). The summed E-state index contributed by atoms with van der Waals surface area (Å²) in [5, 5.41) is 0. The second-order valence-corrected chi connectivity index (χ2v) is 4.25. The Morgan fingerprint density at radius 1 is 1.28 bits per heavy atom. The van der Waals surface area contributed by atoms with E-state index in [1.165, 1.54) is 0 Å². The average Bonchev–Trinajstić information content (AvgIpc) is 2.33. The van der Waals surface area contributed by atoms with E-state index in [4.69, 9.17) is 15.2 Å². The fourth-order valence-corrected chi connectivity index (χ4v) is 1.48. The molecule has 2 N–H and O–H groups in total. The maximum absolute atomic E-state index is 5.65. The van der Waals surface area contributed by atoms with E-state index >= 15 is 0 Å². The van der Waals surface area contributed by atoms with Gasteiger partial charge >= 0.3 is 0 Å². The Kier molecular flexibility index (Phi) is 6.27. The molecule has 0 radical (unpaired) electrons.